The molecule has 0 aliphatic carbocycles. The Hall–Kier alpha value is -1.59. The third-order valence-electron chi connectivity index (χ3n) is 2.69. The molecule has 0 heterocycles. The van der Waals surface area contributed by atoms with E-state index in [4.69, 9.17) is 11.6 Å². The molecule has 0 spiro atoms. The van der Waals surface area contributed by atoms with Crippen LogP contribution in [0.1, 0.15) is 5.56 Å². The van der Waals surface area contributed by atoms with Gasteiger partial charge in [0.15, 0.2) is 0 Å². The van der Waals surface area contributed by atoms with Gasteiger partial charge in [-0.1, -0.05) is 29.8 Å². The van der Waals surface area contributed by atoms with Crippen molar-refractivity contribution in [1.82, 2.24) is 5.32 Å². The molecule has 21 heavy (non-hydrogen) atoms. The van der Waals surface area contributed by atoms with Gasteiger partial charge in [-0.2, -0.15) is 0 Å². The van der Waals surface area contributed by atoms with Crippen LogP contribution < -0.4 is 5.32 Å². The van der Waals surface area contributed by atoms with Gasteiger partial charge in [-0.05, 0) is 29.8 Å². The summed E-state index contributed by atoms with van der Waals surface area (Å²) in [5, 5.41) is 3.25. The fourth-order valence-electron chi connectivity index (χ4n) is 1.62. The van der Waals surface area contributed by atoms with E-state index in [2.05, 4.69) is 5.32 Å². The molecule has 0 saturated carbocycles. The van der Waals surface area contributed by atoms with Crippen molar-refractivity contribution < 1.29 is 13.6 Å². The van der Waals surface area contributed by atoms with Gasteiger partial charge in [-0.3, -0.25) is 4.79 Å². The summed E-state index contributed by atoms with van der Waals surface area (Å²) in [7, 11) is 0. The zero-order valence-electron chi connectivity index (χ0n) is 10.9. The molecule has 0 fully saturated rings. The Morgan fingerprint density at radius 3 is 2.71 bits per heavy atom. The van der Waals surface area contributed by atoms with E-state index in [9.17, 15) is 13.6 Å². The minimum absolute atomic E-state index is 0.00479. The average molecular weight is 328 g/mol. The van der Waals surface area contributed by atoms with Gasteiger partial charge in [0.1, 0.15) is 11.6 Å². The second-order valence-electron chi connectivity index (χ2n) is 4.23. The van der Waals surface area contributed by atoms with E-state index in [1.54, 1.807) is 12.1 Å². The highest BCUT2D eigenvalue weighted by atomic mass is 35.5. The van der Waals surface area contributed by atoms with Gasteiger partial charge in [0.05, 0.1) is 5.75 Å². The molecule has 0 saturated heterocycles. The van der Waals surface area contributed by atoms with Gasteiger partial charge in [-0.15, -0.1) is 11.8 Å². The summed E-state index contributed by atoms with van der Waals surface area (Å²) in [6, 6.07) is 10.3. The van der Waals surface area contributed by atoms with Crippen LogP contribution in [-0.2, 0) is 11.3 Å². The summed E-state index contributed by atoms with van der Waals surface area (Å²) in [6.45, 7) is 0.296. The maximum absolute atomic E-state index is 13.4. The molecule has 0 radical (unpaired) electrons. The summed E-state index contributed by atoms with van der Waals surface area (Å²) >= 11 is 6.92. The minimum Gasteiger partial charge on any atom is -0.351 e. The first-order valence-corrected chi connectivity index (χ1v) is 7.50. The van der Waals surface area contributed by atoms with Crippen molar-refractivity contribution in [3.05, 3.63) is 64.7 Å². The Morgan fingerprint density at radius 2 is 1.95 bits per heavy atom. The number of hydrogen-bond donors (Lipinski definition) is 1. The zero-order chi connectivity index (χ0) is 15.2. The largest absolute Gasteiger partial charge is 0.351 e. The summed E-state index contributed by atoms with van der Waals surface area (Å²) < 4.78 is 26.4. The minimum atomic E-state index is -0.541. The molecular weight excluding hydrogens is 316 g/mol. The van der Waals surface area contributed by atoms with Crippen LogP contribution in [0.3, 0.4) is 0 Å². The van der Waals surface area contributed by atoms with E-state index < -0.39 is 11.6 Å². The summed E-state index contributed by atoms with van der Waals surface area (Å²) in [5.41, 5.74) is 0.800. The van der Waals surface area contributed by atoms with Crippen molar-refractivity contribution in [3.63, 3.8) is 0 Å². The number of benzene rings is 2. The average Bonchev–Trinajstić information content (AvgIpc) is 2.47. The van der Waals surface area contributed by atoms with Crippen LogP contribution in [-0.4, -0.2) is 11.7 Å². The van der Waals surface area contributed by atoms with E-state index in [1.165, 1.54) is 0 Å². The first-order valence-electron chi connectivity index (χ1n) is 6.14. The first-order chi connectivity index (χ1) is 10.1. The Balaban J connectivity index is 1.85. The highest BCUT2D eigenvalue weighted by Gasteiger charge is 2.08. The normalized spacial score (nSPS) is 10.4. The molecule has 6 heteroatoms. The number of rotatable bonds is 5. The quantitative estimate of drug-likeness (QED) is 0.840. The number of hydrogen-bond acceptors (Lipinski definition) is 2. The van der Waals surface area contributed by atoms with E-state index in [0.29, 0.717) is 11.6 Å². The molecule has 0 unspecified atom stereocenters. The summed E-state index contributed by atoms with van der Waals surface area (Å²) in [4.78, 5) is 11.8. The number of nitrogens with one attached hydrogen (secondary N) is 1. The molecule has 1 N–H and O–H groups in total. The third kappa shape index (κ3) is 4.72. The van der Waals surface area contributed by atoms with E-state index in [1.807, 2.05) is 12.1 Å². The molecule has 0 aliphatic rings. The molecule has 0 aromatic heterocycles. The topological polar surface area (TPSA) is 29.1 Å². The number of thioether (sulfide) groups is 1. The molecule has 2 aromatic rings. The Kier molecular flexibility index (Phi) is 5.59. The zero-order valence-corrected chi connectivity index (χ0v) is 12.5. The van der Waals surface area contributed by atoms with Gasteiger partial charge in [0, 0.05) is 16.5 Å². The van der Waals surface area contributed by atoms with Crippen molar-refractivity contribution in [3.8, 4) is 0 Å². The van der Waals surface area contributed by atoms with Crippen LogP contribution in [0.4, 0.5) is 8.78 Å². The van der Waals surface area contributed by atoms with Crippen LogP contribution in [0.25, 0.3) is 0 Å². The Morgan fingerprint density at radius 1 is 1.19 bits per heavy atom. The van der Waals surface area contributed by atoms with Gasteiger partial charge >= 0.3 is 0 Å². The molecule has 1 amide bonds. The van der Waals surface area contributed by atoms with Crippen molar-refractivity contribution in [2.24, 2.45) is 0 Å². The SMILES string of the molecule is O=C(CSc1cc(F)ccc1F)NCc1ccccc1Cl. The summed E-state index contributed by atoms with van der Waals surface area (Å²) in [5.74, 6) is -1.34. The second kappa shape index (κ2) is 7.43. The Bertz CT molecular complexity index is 651. The molecule has 2 rings (SSSR count). The fourth-order valence-corrected chi connectivity index (χ4v) is 2.61. The maximum Gasteiger partial charge on any atom is 0.230 e. The highest BCUT2D eigenvalue weighted by Crippen LogP contribution is 2.22. The van der Waals surface area contributed by atoms with Crippen molar-refractivity contribution in [1.29, 1.82) is 0 Å². The molecule has 0 aliphatic heterocycles. The van der Waals surface area contributed by atoms with Crippen LogP contribution in [0.2, 0.25) is 5.02 Å². The predicted octanol–water partition coefficient (Wildman–Crippen LogP) is 4.03. The van der Waals surface area contributed by atoms with Crippen LogP contribution in [0.5, 0.6) is 0 Å². The van der Waals surface area contributed by atoms with Gasteiger partial charge < -0.3 is 5.32 Å². The number of amides is 1. The lowest BCUT2D eigenvalue weighted by Gasteiger charge is -2.07. The molecule has 2 aromatic carbocycles. The monoisotopic (exact) mass is 327 g/mol. The van der Waals surface area contributed by atoms with Gasteiger partial charge in [-0.25, -0.2) is 8.78 Å². The van der Waals surface area contributed by atoms with Crippen LogP contribution >= 0.6 is 23.4 Å². The van der Waals surface area contributed by atoms with Crippen LogP contribution in [0, 0.1) is 11.6 Å². The van der Waals surface area contributed by atoms with Crippen LogP contribution in [0.15, 0.2) is 47.4 Å². The molecule has 110 valence electrons. The lowest BCUT2D eigenvalue weighted by Crippen LogP contribution is -2.24. The lowest BCUT2D eigenvalue weighted by molar-refractivity contribution is -0.118. The molecule has 0 atom stereocenters. The lowest BCUT2D eigenvalue weighted by atomic mass is 10.2. The number of carbonyl (C=O) groups excluding carboxylic acids is 1. The predicted molar refractivity (Wildman–Crippen MR) is 80.4 cm³/mol. The standard InChI is InChI=1S/C15H12ClF2NOS/c16-12-4-2-1-3-10(12)8-19-15(20)9-21-14-7-11(17)5-6-13(14)18/h1-7H,8-9H2,(H,19,20). The molecular formula is C15H12ClF2NOS. The third-order valence-corrected chi connectivity index (χ3v) is 4.08. The molecule has 0 bridgehead atoms. The smallest absolute Gasteiger partial charge is 0.230 e. The highest BCUT2D eigenvalue weighted by molar-refractivity contribution is 8.00. The van der Waals surface area contributed by atoms with Gasteiger partial charge in [0.2, 0.25) is 5.91 Å². The van der Waals surface area contributed by atoms with E-state index in [-0.39, 0.29) is 16.6 Å². The van der Waals surface area contributed by atoms with Crippen molar-refractivity contribution >= 4 is 29.3 Å². The summed E-state index contributed by atoms with van der Waals surface area (Å²) in [6.07, 6.45) is 0. The first kappa shape index (κ1) is 15.8. The van der Waals surface area contributed by atoms with Crippen molar-refractivity contribution in [2.45, 2.75) is 11.4 Å². The van der Waals surface area contributed by atoms with E-state index >= 15 is 0 Å². The molecule has 2 nitrogen and oxygen atoms in total. The van der Waals surface area contributed by atoms with E-state index in [0.717, 1.165) is 35.5 Å². The number of halogens is 3. The maximum atomic E-state index is 13.4. The fraction of sp³-hybridized carbons (Fsp3) is 0.133. The second-order valence-corrected chi connectivity index (χ2v) is 5.66. The van der Waals surface area contributed by atoms with Crippen molar-refractivity contribution in [2.75, 3.05) is 5.75 Å². The van der Waals surface area contributed by atoms with Gasteiger partial charge in [0.25, 0.3) is 0 Å². The number of carbonyl (C=O) groups is 1. The Labute approximate surface area is 130 Å².